The van der Waals surface area contributed by atoms with Crippen LogP contribution in [0.25, 0.3) is 22.8 Å². The molecule has 4 aromatic rings. The zero-order valence-electron chi connectivity index (χ0n) is 14.5. The van der Waals surface area contributed by atoms with E-state index in [1.165, 1.54) is 12.8 Å². The maximum atomic E-state index is 5.63. The molecule has 7 heteroatoms. The lowest BCUT2D eigenvalue weighted by molar-refractivity contribution is 0.573. The summed E-state index contributed by atoms with van der Waals surface area (Å²) in [6.45, 7) is 0. The lowest BCUT2D eigenvalue weighted by Gasteiger charge is -2.08. The number of rotatable bonds is 6. The van der Waals surface area contributed by atoms with Crippen molar-refractivity contribution in [2.75, 3.05) is 0 Å². The molecule has 3 aromatic heterocycles. The Kier molecular flexibility index (Phi) is 4.21. The quantitative estimate of drug-likeness (QED) is 0.458. The molecule has 0 N–H and O–H groups in total. The van der Waals surface area contributed by atoms with E-state index in [2.05, 4.69) is 24.7 Å². The second-order valence-corrected chi connectivity index (χ2v) is 7.38. The molecule has 1 saturated carbocycles. The van der Waals surface area contributed by atoms with Gasteiger partial charge in [-0.15, -0.1) is 10.2 Å². The number of nitrogens with zero attached hydrogens (tertiary/aromatic N) is 5. The number of hydrogen-bond donors (Lipinski definition) is 0. The Hall–Kier alpha value is -2.93. The van der Waals surface area contributed by atoms with Crippen LogP contribution in [-0.2, 0) is 5.75 Å². The van der Waals surface area contributed by atoms with E-state index in [9.17, 15) is 0 Å². The lowest BCUT2D eigenvalue weighted by Crippen LogP contribution is -2.00. The van der Waals surface area contributed by atoms with Crippen LogP contribution in [0.5, 0.6) is 0 Å². The maximum absolute atomic E-state index is 5.63. The number of pyridine rings is 1. The zero-order valence-corrected chi connectivity index (χ0v) is 15.3. The number of oxazole rings is 1. The van der Waals surface area contributed by atoms with Gasteiger partial charge in [0.1, 0.15) is 6.26 Å². The van der Waals surface area contributed by atoms with Crippen LogP contribution >= 0.6 is 11.8 Å². The monoisotopic (exact) mass is 375 g/mol. The molecular weight excluding hydrogens is 358 g/mol. The second kappa shape index (κ2) is 7.00. The van der Waals surface area contributed by atoms with Crippen molar-refractivity contribution < 1.29 is 4.42 Å². The van der Waals surface area contributed by atoms with E-state index in [-0.39, 0.29) is 0 Å². The van der Waals surface area contributed by atoms with Gasteiger partial charge in [-0.2, -0.15) is 0 Å². The summed E-state index contributed by atoms with van der Waals surface area (Å²) >= 11 is 1.64. The molecule has 0 unspecified atom stereocenters. The smallest absolute Gasteiger partial charge is 0.226 e. The first kappa shape index (κ1) is 16.3. The van der Waals surface area contributed by atoms with Gasteiger partial charge in [0, 0.05) is 35.3 Å². The molecule has 6 nitrogen and oxygen atoms in total. The zero-order chi connectivity index (χ0) is 18.1. The van der Waals surface area contributed by atoms with Gasteiger partial charge in [-0.1, -0.05) is 30.0 Å². The SMILES string of the molecule is c1ccc(-c2nc(CSc3nnc(-c4ccncc4)n3C3CC3)co2)cc1. The average Bonchev–Trinajstić information content (AvgIpc) is 3.30. The number of benzene rings is 1. The molecule has 0 bridgehead atoms. The minimum atomic E-state index is 0.489. The molecule has 1 aliphatic carbocycles. The van der Waals surface area contributed by atoms with Crippen LogP contribution < -0.4 is 0 Å². The molecule has 5 rings (SSSR count). The Bertz CT molecular complexity index is 1040. The standard InChI is InChI=1S/C20H17N5OS/c1-2-4-15(5-3-1)19-22-16(12-26-19)13-27-20-24-23-18(25(20)17-6-7-17)14-8-10-21-11-9-14/h1-5,8-12,17H,6-7,13H2. The Morgan fingerprint density at radius 1 is 1.00 bits per heavy atom. The molecule has 0 saturated heterocycles. The maximum Gasteiger partial charge on any atom is 0.226 e. The van der Waals surface area contributed by atoms with Crippen LogP contribution in [0, 0.1) is 0 Å². The predicted molar refractivity (Wildman–Crippen MR) is 103 cm³/mol. The topological polar surface area (TPSA) is 69.6 Å². The fourth-order valence-corrected chi connectivity index (χ4v) is 3.84. The summed E-state index contributed by atoms with van der Waals surface area (Å²) in [7, 11) is 0. The van der Waals surface area contributed by atoms with E-state index in [1.807, 2.05) is 42.5 Å². The third kappa shape index (κ3) is 3.38. The summed E-state index contributed by atoms with van der Waals surface area (Å²) in [5, 5.41) is 9.79. The fraction of sp³-hybridized carbons (Fsp3) is 0.200. The van der Waals surface area contributed by atoms with Crippen molar-refractivity contribution >= 4 is 11.8 Å². The molecule has 3 heterocycles. The lowest BCUT2D eigenvalue weighted by atomic mass is 10.2. The van der Waals surface area contributed by atoms with Gasteiger partial charge in [0.15, 0.2) is 11.0 Å². The summed E-state index contributed by atoms with van der Waals surface area (Å²) in [6.07, 6.45) is 7.64. The molecule has 0 aliphatic heterocycles. The highest BCUT2D eigenvalue weighted by Gasteiger charge is 2.30. The van der Waals surface area contributed by atoms with Crippen molar-refractivity contribution in [1.29, 1.82) is 0 Å². The van der Waals surface area contributed by atoms with Crippen LogP contribution in [0.4, 0.5) is 0 Å². The van der Waals surface area contributed by atoms with E-state index in [0.29, 0.717) is 17.7 Å². The molecule has 1 fully saturated rings. The van der Waals surface area contributed by atoms with E-state index in [1.54, 1.807) is 30.4 Å². The van der Waals surface area contributed by atoms with Crippen molar-refractivity contribution in [3.8, 4) is 22.8 Å². The molecule has 0 spiro atoms. The van der Waals surface area contributed by atoms with Crippen molar-refractivity contribution in [3.63, 3.8) is 0 Å². The molecule has 0 amide bonds. The van der Waals surface area contributed by atoms with Gasteiger partial charge in [-0.25, -0.2) is 4.98 Å². The van der Waals surface area contributed by atoms with Gasteiger partial charge in [-0.3, -0.25) is 9.55 Å². The minimum Gasteiger partial charge on any atom is -0.444 e. The molecule has 27 heavy (non-hydrogen) atoms. The van der Waals surface area contributed by atoms with Crippen LogP contribution in [-0.4, -0.2) is 24.7 Å². The fourth-order valence-electron chi connectivity index (χ4n) is 2.96. The second-order valence-electron chi connectivity index (χ2n) is 6.44. The van der Waals surface area contributed by atoms with E-state index in [4.69, 9.17) is 4.42 Å². The normalized spacial score (nSPS) is 13.8. The molecule has 1 aliphatic rings. The predicted octanol–water partition coefficient (Wildman–Crippen LogP) is 4.62. The number of hydrogen-bond acceptors (Lipinski definition) is 6. The van der Waals surface area contributed by atoms with E-state index < -0.39 is 0 Å². The summed E-state index contributed by atoms with van der Waals surface area (Å²) in [5.41, 5.74) is 2.92. The van der Waals surface area contributed by atoms with Gasteiger partial charge in [-0.05, 0) is 37.1 Å². The highest BCUT2D eigenvalue weighted by Crippen LogP contribution is 2.41. The Morgan fingerprint density at radius 3 is 2.59 bits per heavy atom. The number of aromatic nitrogens is 5. The summed E-state index contributed by atoms with van der Waals surface area (Å²) in [4.78, 5) is 8.69. The van der Waals surface area contributed by atoms with E-state index in [0.717, 1.165) is 27.8 Å². The summed E-state index contributed by atoms with van der Waals surface area (Å²) < 4.78 is 7.88. The van der Waals surface area contributed by atoms with Crippen molar-refractivity contribution in [3.05, 3.63) is 66.8 Å². The minimum absolute atomic E-state index is 0.489. The Morgan fingerprint density at radius 2 is 1.81 bits per heavy atom. The van der Waals surface area contributed by atoms with Gasteiger partial charge < -0.3 is 4.42 Å². The van der Waals surface area contributed by atoms with Crippen molar-refractivity contribution in [1.82, 2.24) is 24.7 Å². The first-order valence-corrected chi connectivity index (χ1v) is 9.85. The third-order valence-corrected chi connectivity index (χ3v) is 5.41. The van der Waals surface area contributed by atoms with Crippen LogP contribution in [0.2, 0.25) is 0 Å². The molecule has 0 radical (unpaired) electrons. The molecular formula is C20H17N5OS. The van der Waals surface area contributed by atoms with Gasteiger partial charge in [0.2, 0.25) is 5.89 Å². The van der Waals surface area contributed by atoms with Gasteiger partial charge >= 0.3 is 0 Å². The largest absolute Gasteiger partial charge is 0.444 e. The Balaban J connectivity index is 1.36. The first-order chi connectivity index (χ1) is 13.4. The van der Waals surface area contributed by atoms with Crippen LogP contribution in [0.1, 0.15) is 24.6 Å². The number of thioether (sulfide) groups is 1. The van der Waals surface area contributed by atoms with Gasteiger partial charge in [0.25, 0.3) is 0 Å². The van der Waals surface area contributed by atoms with Crippen molar-refractivity contribution in [2.45, 2.75) is 29.8 Å². The van der Waals surface area contributed by atoms with E-state index >= 15 is 0 Å². The molecule has 134 valence electrons. The summed E-state index contributed by atoms with van der Waals surface area (Å²) in [5.74, 6) is 2.25. The average molecular weight is 375 g/mol. The highest BCUT2D eigenvalue weighted by atomic mass is 32.2. The van der Waals surface area contributed by atoms with Crippen molar-refractivity contribution in [2.24, 2.45) is 0 Å². The molecule has 1 aromatic carbocycles. The third-order valence-electron chi connectivity index (χ3n) is 4.44. The molecule has 0 atom stereocenters. The Labute approximate surface area is 160 Å². The van der Waals surface area contributed by atoms with Crippen LogP contribution in [0.15, 0.2) is 70.7 Å². The first-order valence-electron chi connectivity index (χ1n) is 8.86. The highest BCUT2D eigenvalue weighted by molar-refractivity contribution is 7.98. The van der Waals surface area contributed by atoms with Gasteiger partial charge in [0.05, 0.1) is 5.69 Å². The van der Waals surface area contributed by atoms with Crippen LogP contribution in [0.3, 0.4) is 0 Å². The summed E-state index contributed by atoms with van der Waals surface area (Å²) in [6, 6.07) is 14.4.